The number of allylic oxidation sites excluding steroid dienone is 4. The minimum absolute atomic E-state index is 0.0142. The second kappa shape index (κ2) is 6.38. The van der Waals surface area contributed by atoms with E-state index in [9.17, 15) is 14.4 Å². The maximum atomic E-state index is 12.8. The molecule has 3 saturated carbocycles. The lowest BCUT2D eigenvalue weighted by Gasteiger charge is -2.58. The molecule has 0 radical (unpaired) electrons. The fraction of sp³-hybridized carbons (Fsp3) is 0.696. The van der Waals surface area contributed by atoms with Gasteiger partial charge in [-0.05, 0) is 90.8 Å². The summed E-state index contributed by atoms with van der Waals surface area (Å²) >= 11 is 3.56. The van der Waals surface area contributed by atoms with Gasteiger partial charge >= 0.3 is 5.97 Å². The van der Waals surface area contributed by atoms with Gasteiger partial charge in [0.25, 0.3) is 0 Å². The molecule has 5 heteroatoms. The Labute approximate surface area is 175 Å². The van der Waals surface area contributed by atoms with Crippen molar-refractivity contribution in [3.63, 3.8) is 0 Å². The summed E-state index contributed by atoms with van der Waals surface area (Å²) in [7, 11) is 0. The molecule has 4 aliphatic carbocycles. The minimum Gasteiger partial charge on any atom is -0.451 e. The average molecular weight is 449 g/mol. The van der Waals surface area contributed by atoms with Crippen molar-refractivity contribution >= 4 is 33.5 Å². The number of hydrogen-bond acceptors (Lipinski definition) is 4. The molecule has 0 unspecified atom stereocenters. The molecule has 0 bridgehead atoms. The lowest BCUT2D eigenvalue weighted by molar-refractivity contribution is -0.186. The van der Waals surface area contributed by atoms with Gasteiger partial charge in [0, 0.05) is 17.8 Å². The number of esters is 1. The Morgan fingerprint density at radius 3 is 2.43 bits per heavy atom. The van der Waals surface area contributed by atoms with Crippen LogP contribution < -0.4 is 0 Å². The third kappa shape index (κ3) is 2.44. The van der Waals surface area contributed by atoms with E-state index in [0.29, 0.717) is 24.2 Å². The fourth-order valence-electron chi connectivity index (χ4n) is 7.34. The summed E-state index contributed by atoms with van der Waals surface area (Å²) < 4.78 is 6.56. The normalized spacial score (nSPS) is 44.6. The minimum atomic E-state index is -0.982. The highest BCUT2D eigenvalue weighted by molar-refractivity contribution is 9.12. The first kappa shape index (κ1) is 20.1. The Balaban J connectivity index is 1.73. The summed E-state index contributed by atoms with van der Waals surface area (Å²) in [5.41, 5.74) is -0.167. The standard InChI is InChI=1S/C23H29BrO4/c1-13(25)23(28-14(2)26)12-8-17-15-5-6-18-20(24)19(27)9-10-21(18,3)16(15)7-11-22(17,23)4/h9-10,15-17H,5-8,11-12H2,1-4H3/t15-,16+,17+,21-,22+,23+/m1/s1. The number of hydrogen-bond donors (Lipinski definition) is 0. The Morgan fingerprint density at radius 2 is 1.79 bits per heavy atom. The molecule has 4 aliphatic rings. The molecule has 0 aromatic carbocycles. The maximum Gasteiger partial charge on any atom is 0.303 e. The van der Waals surface area contributed by atoms with Crippen LogP contribution in [-0.2, 0) is 19.1 Å². The second-order valence-electron chi connectivity index (χ2n) is 9.66. The van der Waals surface area contributed by atoms with Gasteiger partial charge in [-0.2, -0.15) is 0 Å². The van der Waals surface area contributed by atoms with Crippen molar-refractivity contribution in [2.24, 2.45) is 28.6 Å². The molecule has 0 saturated heterocycles. The summed E-state index contributed by atoms with van der Waals surface area (Å²) in [5.74, 6) is 0.974. The van der Waals surface area contributed by atoms with Crippen LogP contribution in [0.4, 0.5) is 0 Å². The number of Topliss-reactive ketones (excluding diaryl/α,β-unsaturated/α-hetero) is 1. The zero-order valence-electron chi connectivity index (χ0n) is 17.1. The van der Waals surface area contributed by atoms with Crippen molar-refractivity contribution in [1.82, 2.24) is 0 Å². The molecular weight excluding hydrogens is 420 g/mol. The van der Waals surface area contributed by atoms with Crippen molar-refractivity contribution in [3.05, 3.63) is 22.2 Å². The second-order valence-corrected chi connectivity index (χ2v) is 10.5. The van der Waals surface area contributed by atoms with Crippen LogP contribution in [0.2, 0.25) is 0 Å². The lowest BCUT2D eigenvalue weighted by Crippen LogP contribution is -2.58. The van der Waals surface area contributed by atoms with Gasteiger partial charge in [0.05, 0.1) is 4.48 Å². The third-order valence-corrected chi connectivity index (χ3v) is 9.52. The Kier molecular flexibility index (Phi) is 4.57. The third-order valence-electron chi connectivity index (χ3n) is 8.65. The van der Waals surface area contributed by atoms with E-state index >= 15 is 0 Å². The Morgan fingerprint density at radius 1 is 1.11 bits per heavy atom. The maximum absolute atomic E-state index is 12.8. The number of rotatable bonds is 2. The molecule has 6 atom stereocenters. The smallest absolute Gasteiger partial charge is 0.303 e. The van der Waals surface area contributed by atoms with Crippen molar-refractivity contribution in [1.29, 1.82) is 0 Å². The number of ketones is 2. The molecule has 4 nitrogen and oxygen atoms in total. The molecule has 0 N–H and O–H groups in total. The van der Waals surface area contributed by atoms with E-state index in [4.69, 9.17) is 4.74 Å². The van der Waals surface area contributed by atoms with E-state index in [2.05, 4.69) is 35.9 Å². The van der Waals surface area contributed by atoms with Crippen LogP contribution in [0.25, 0.3) is 0 Å². The number of carbonyl (C=O) groups excluding carboxylic acids is 3. The van der Waals surface area contributed by atoms with Gasteiger partial charge in [-0.3, -0.25) is 14.4 Å². The van der Waals surface area contributed by atoms with E-state index in [1.165, 1.54) is 12.5 Å². The molecule has 0 aromatic rings. The van der Waals surface area contributed by atoms with Gasteiger partial charge in [0.15, 0.2) is 17.2 Å². The molecule has 4 rings (SSSR count). The van der Waals surface area contributed by atoms with Crippen molar-refractivity contribution in [2.75, 3.05) is 0 Å². The van der Waals surface area contributed by atoms with Gasteiger partial charge in [-0.25, -0.2) is 0 Å². The van der Waals surface area contributed by atoms with Crippen molar-refractivity contribution in [2.45, 2.75) is 71.8 Å². The predicted molar refractivity (Wildman–Crippen MR) is 110 cm³/mol. The van der Waals surface area contributed by atoms with Crippen LogP contribution in [0.15, 0.2) is 22.2 Å². The number of ether oxygens (including phenoxy) is 1. The Hall–Kier alpha value is -1.23. The largest absolute Gasteiger partial charge is 0.451 e. The Bertz CT molecular complexity index is 826. The topological polar surface area (TPSA) is 60.4 Å². The monoisotopic (exact) mass is 448 g/mol. The summed E-state index contributed by atoms with van der Waals surface area (Å²) in [6, 6.07) is 0. The van der Waals surface area contributed by atoms with Gasteiger partial charge in [-0.1, -0.05) is 19.9 Å². The van der Waals surface area contributed by atoms with Crippen LogP contribution in [0, 0.1) is 28.6 Å². The molecule has 28 heavy (non-hydrogen) atoms. The molecule has 0 aliphatic heterocycles. The average Bonchev–Trinajstić information content (AvgIpc) is 2.92. The van der Waals surface area contributed by atoms with E-state index in [-0.39, 0.29) is 28.4 Å². The summed E-state index contributed by atoms with van der Waals surface area (Å²) in [4.78, 5) is 36.8. The number of fused-ring (bicyclic) bond motifs is 5. The first-order valence-electron chi connectivity index (χ1n) is 10.4. The first-order valence-corrected chi connectivity index (χ1v) is 11.2. The zero-order chi connectivity index (χ0) is 20.5. The highest BCUT2D eigenvalue weighted by Crippen LogP contribution is 2.68. The number of carbonyl (C=O) groups is 3. The van der Waals surface area contributed by atoms with E-state index < -0.39 is 5.60 Å². The predicted octanol–water partition coefficient (Wildman–Crippen LogP) is 4.91. The van der Waals surface area contributed by atoms with Gasteiger partial charge in [-0.15, -0.1) is 0 Å². The lowest BCUT2D eigenvalue weighted by atomic mass is 9.47. The zero-order valence-corrected chi connectivity index (χ0v) is 18.7. The van der Waals surface area contributed by atoms with Gasteiger partial charge in [0.1, 0.15) is 0 Å². The van der Waals surface area contributed by atoms with Crippen LogP contribution in [0.5, 0.6) is 0 Å². The van der Waals surface area contributed by atoms with Crippen LogP contribution in [-0.4, -0.2) is 23.1 Å². The van der Waals surface area contributed by atoms with Crippen LogP contribution in [0.1, 0.15) is 66.2 Å². The van der Waals surface area contributed by atoms with E-state index in [1.807, 2.05) is 0 Å². The van der Waals surface area contributed by atoms with Gasteiger partial charge in [0.2, 0.25) is 0 Å². The molecule has 0 heterocycles. The van der Waals surface area contributed by atoms with Crippen molar-refractivity contribution < 1.29 is 19.1 Å². The molecule has 3 fully saturated rings. The molecule has 0 spiro atoms. The molecular formula is C23H29BrO4. The SMILES string of the molecule is CC(=O)O[C@]1(C(C)=O)CC[C@H]2[C@@H]3CCC4=C(Br)C(=O)C=C[C@]4(C)[C@H]3CC[C@@]21C. The number of halogens is 1. The quantitative estimate of drug-likeness (QED) is 0.563. The summed E-state index contributed by atoms with van der Waals surface area (Å²) in [5, 5.41) is 0. The summed E-state index contributed by atoms with van der Waals surface area (Å²) in [6.07, 6.45) is 9.17. The van der Waals surface area contributed by atoms with Crippen LogP contribution >= 0.6 is 15.9 Å². The van der Waals surface area contributed by atoms with Crippen molar-refractivity contribution in [3.8, 4) is 0 Å². The first-order chi connectivity index (χ1) is 13.1. The highest BCUT2D eigenvalue weighted by atomic mass is 79.9. The fourth-order valence-corrected chi connectivity index (χ4v) is 8.10. The highest BCUT2D eigenvalue weighted by Gasteiger charge is 2.67. The van der Waals surface area contributed by atoms with Crippen LogP contribution in [0.3, 0.4) is 0 Å². The summed E-state index contributed by atoms with van der Waals surface area (Å²) in [6.45, 7) is 7.44. The molecule has 152 valence electrons. The molecule has 0 aromatic heterocycles. The van der Waals surface area contributed by atoms with E-state index in [1.54, 1.807) is 13.0 Å². The van der Waals surface area contributed by atoms with E-state index in [0.717, 1.165) is 36.6 Å². The molecule has 0 amide bonds. The van der Waals surface area contributed by atoms with Gasteiger partial charge < -0.3 is 4.74 Å².